The highest BCUT2D eigenvalue weighted by molar-refractivity contribution is 7.99. The molecule has 2 heterocycles. The number of hydrogen-bond acceptors (Lipinski definition) is 4. The van der Waals surface area contributed by atoms with Gasteiger partial charge in [-0.25, -0.2) is 4.79 Å². The molecule has 0 aromatic carbocycles. The van der Waals surface area contributed by atoms with Crippen LogP contribution in [0.25, 0.3) is 0 Å². The summed E-state index contributed by atoms with van der Waals surface area (Å²) in [5.41, 5.74) is -1.50. The van der Waals surface area contributed by atoms with Crippen LogP contribution >= 0.6 is 11.8 Å². The number of aliphatic hydroxyl groups is 1. The fraction of sp³-hybridized carbons (Fsp3) is 0.900. The van der Waals surface area contributed by atoms with Crippen LogP contribution in [0.4, 0.5) is 0 Å². The van der Waals surface area contributed by atoms with Crippen LogP contribution < -0.4 is 0 Å². The van der Waals surface area contributed by atoms with Gasteiger partial charge in [-0.1, -0.05) is 0 Å². The zero-order valence-corrected chi connectivity index (χ0v) is 9.50. The molecule has 0 amide bonds. The molecule has 0 saturated carbocycles. The number of likely N-dealkylation sites (tertiary alicyclic amines) is 1. The first-order valence-corrected chi connectivity index (χ1v) is 6.55. The molecule has 0 bridgehead atoms. The molecular weight excluding hydrogens is 214 g/mol. The molecule has 86 valence electrons. The summed E-state index contributed by atoms with van der Waals surface area (Å²) in [5.74, 6) is 1.24. The Labute approximate surface area is 93.6 Å². The molecule has 0 radical (unpaired) electrons. The summed E-state index contributed by atoms with van der Waals surface area (Å²) < 4.78 is 0. The van der Waals surface area contributed by atoms with E-state index in [4.69, 9.17) is 5.11 Å². The summed E-state index contributed by atoms with van der Waals surface area (Å²) in [6, 6.07) is 0.486. The molecule has 2 aliphatic rings. The first-order chi connectivity index (χ1) is 7.12. The lowest BCUT2D eigenvalue weighted by Gasteiger charge is -2.31. The van der Waals surface area contributed by atoms with Crippen molar-refractivity contribution >= 4 is 17.7 Å². The van der Waals surface area contributed by atoms with Gasteiger partial charge < -0.3 is 10.2 Å². The van der Waals surface area contributed by atoms with E-state index in [9.17, 15) is 9.90 Å². The summed E-state index contributed by atoms with van der Waals surface area (Å²) in [7, 11) is 0. The van der Waals surface area contributed by atoms with Gasteiger partial charge in [-0.05, 0) is 24.3 Å². The Morgan fingerprint density at radius 3 is 2.60 bits per heavy atom. The molecule has 0 aromatic heterocycles. The van der Waals surface area contributed by atoms with E-state index in [-0.39, 0.29) is 0 Å². The van der Waals surface area contributed by atoms with Gasteiger partial charge in [0.25, 0.3) is 0 Å². The third-order valence-corrected chi connectivity index (χ3v) is 4.43. The fourth-order valence-electron chi connectivity index (χ4n) is 2.36. The van der Waals surface area contributed by atoms with Gasteiger partial charge in [0.15, 0.2) is 5.60 Å². The minimum Gasteiger partial charge on any atom is -0.479 e. The molecule has 0 aromatic rings. The highest BCUT2D eigenvalue weighted by Gasteiger charge is 2.44. The zero-order valence-electron chi connectivity index (χ0n) is 8.69. The van der Waals surface area contributed by atoms with Crippen LogP contribution in [0.3, 0.4) is 0 Å². The van der Waals surface area contributed by atoms with Crippen LogP contribution in [0.5, 0.6) is 0 Å². The predicted molar refractivity (Wildman–Crippen MR) is 59.1 cm³/mol. The minimum absolute atomic E-state index is 0.303. The van der Waals surface area contributed by atoms with Gasteiger partial charge in [0, 0.05) is 25.6 Å². The van der Waals surface area contributed by atoms with E-state index >= 15 is 0 Å². The van der Waals surface area contributed by atoms with Crippen molar-refractivity contribution < 1.29 is 15.0 Å². The maximum atomic E-state index is 10.9. The van der Waals surface area contributed by atoms with Gasteiger partial charge >= 0.3 is 5.97 Å². The second-order valence-corrected chi connectivity index (χ2v) is 5.63. The Balaban J connectivity index is 1.94. The summed E-state index contributed by atoms with van der Waals surface area (Å²) in [6.45, 7) is 1.02. The van der Waals surface area contributed by atoms with E-state index in [0.29, 0.717) is 19.0 Å². The van der Waals surface area contributed by atoms with E-state index < -0.39 is 11.6 Å². The predicted octanol–water partition coefficient (Wildman–Crippen LogP) is 0.403. The summed E-state index contributed by atoms with van der Waals surface area (Å²) in [4.78, 5) is 13.0. The van der Waals surface area contributed by atoms with Gasteiger partial charge in [0.05, 0.1) is 0 Å². The molecule has 2 rings (SSSR count). The highest BCUT2D eigenvalue weighted by atomic mass is 32.2. The number of carboxylic acid groups (broad SMARTS) is 1. The van der Waals surface area contributed by atoms with Crippen molar-refractivity contribution in [2.75, 3.05) is 24.6 Å². The molecule has 2 saturated heterocycles. The Morgan fingerprint density at radius 1 is 1.40 bits per heavy atom. The number of hydrogen-bond donors (Lipinski definition) is 2. The van der Waals surface area contributed by atoms with Crippen molar-refractivity contribution in [3.8, 4) is 0 Å². The van der Waals surface area contributed by atoms with Gasteiger partial charge in [-0.2, -0.15) is 11.8 Å². The average Bonchev–Trinajstić information content (AvgIpc) is 2.64. The quantitative estimate of drug-likeness (QED) is 0.720. The van der Waals surface area contributed by atoms with Gasteiger partial charge in [-0.3, -0.25) is 4.90 Å². The van der Waals surface area contributed by atoms with E-state index in [2.05, 4.69) is 4.90 Å². The number of carboxylic acids is 1. The van der Waals surface area contributed by atoms with Crippen LogP contribution in [-0.4, -0.2) is 57.3 Å². The summed E-state index contributed by atoms with van der Waals surface area (Å²) in [6.07, 6.45) is 2.62. The van der Waals surface area contributed by atoms with E-state index in [1.165, 1.54) is 0 Å². The van der Waals surface area contributed by atoms with Crippen molar-refractivity contribution in [2.24, 2.45) is 0 Å². The maximum Gasteiger partial charge on any atom is 0.337 e. The minimum atomic E-state index is -1.50. The normalized spacial score (nSPS) is 34.5. The summed E-state index contributed by atoms with van der Waals surface area (Å²) >= 11 is 1.96. The monoisotopic (exact) mass is 231 g/mol. The second kappa shape index (κ2) is 4.31. The molecule has 0 aliphatic carbocycles. The van der Waals surface area contributed by atoms with Crippen LogP contribution in [0.1, 0.15) is 19.3 Å². The topological polar surface area (TPSA) is 60.8 Å². The van der Waals surface area contributed by atoms with Crippen LogP contribution in [-0.2, 0) is 4.79 Å². The van der Waals surface area contributed by atoms with E-state index in [1.807, 2.05) is 11.8 Å². The fourth-order valence-corrected chi connectivity index (χ4v) is 3.44. The molecule has 5 heteroatoms. The van der Waals surface area contributed by atoms with Crippen LogP contribution in [0.2, 0.25) is 0 Å². The first-order valence-electron chi connectivity index (χ1n) is 5.39. The smallest absolute Gasteiger partial charge is 0.337 e. The van der Waals surface area contributed by atoms with Gasteiger partial charge in [-0.15, -0.1) is 0 Å². The van der Waals surface area contributed by atoms with Crippen molar-refractivity contribution in [2.45, 2.75) is 30.9 Å². The zero-order chi connectivity index (χ0) is 10.9. The number of carbonyl (C=O) groups is 1. The standard InChI is InChI=1S/C10H17NO3S/c12-9(13)10(14)3-4-11(7-10)8-1-5-15-6-2-8/h8,14H,1-7H2,(H,12,13). The number of nitrogens with zero attached hydrogens (tertiary/aromatic N) is 1. The Bertz CT molecular complexity index is 255. The second-order valence-electron chi connectivity index (χ2n) is 4.40. The van der Waals surface area contributed by atoms with Crippen LogP contribution in [0, 0.1) is 0 Å². The molecule has 2 N–H and O–H groups in total. The molecule has 2 aliphatic heterocycles. The first kappa shape index (κ1) is 11.2. The summed E-state index contributed by atoms with van der Waals surface area (Å²) in [5, 5.41) is 18.7. The third kappa shape index (κ3) is 2.29. The van der Waals surface area contributed by atoms with E-state index in [1.54, 1.807) is 0 Å². The van der Waals surface area contributed by atoms with E-state index in [0.717, 1.165) is 30.9 Å². The Morgan fingerprint density at radius 2 is 2.07 bits per heavy atom. The van der Waals surface area contributed by atoms with Crippen LogP contribution in [0.15, 0.2) is 0 Å². The molecule has 0 spiro atoms. The SMILES string of the molecule is O=C(O)C1(O)CCN(C2CCSCC2)C1. The molecule has 1 atom stereocenters. The average molecular weight is 231 g/mol. The van der Waals surface area contributed by atoms with Crippen molar-refractivity contribution in [3.05, 3.63) is 0 Å². The Hall–Kier alpha value is -0.260. The maximum absolute atomic E-state index is 10.9. The largest absolute Gasteiger partial charge is 0.479 e. The number of rotatable bonds is 2. The third-order valence-electron chi connectivity index (χ3n) is 3.38. The van der Waals surface area contributed by atoms with Gasteiger partial charge in [0.1, 0.15) is 0 Å². The molecule has 1 unspecified atom stereocenters. The number of aliphatic carboxylic acids is 1. The molecule has 4 nitrogen and oxygen atoms in total. The lowest BCUT2D eigenvalue weighted by molar-refractivity contribution is -0.157. The Kier molecular flexibility index (Phi) is 3.23. The molecule has 15 heavy (non-hydrogen) atoms. The van der Waals surface area contributed by atoms with Gasteiger partial charge in [0.2, 0.25) is 0 Å². The number of β-amino-alcohol motifs (C(OH)–C–C–N with tert-alkyl or cyclic N) is 1. The lowest BCUT2D eigenvalue weighted by Crippen LogP contribution is -2.44. The van der Waals surface area contributed by atoms with Crippen molar-refractivity contribution in [1.29, 1.82) is 0 Å². The highest BCUT2D eigenvalue weighted by Crippen LogP contribution is 2.29. The van der Waals surface area contributed by atoms with Crippen molar-refractivity contribution in [3.63, 3.8) is 0 Å². The number of thioether (sulfide) groups is 1. The van der Waals surface area contributed by atoms with Crippen molar-refractivity contribution in [1.82, 2.24) is 4.90 Å². The molecular formula is C10H17NO3S. The molecule has 2 fully saturated rings. The lowest BCUT2D eigenvalue weighted by atomic mass is 10.0.